The summed E-state index contributed by atoms with van der Waals surface area (Å²) in [6, 6.07) is 4.99. The van der Waals surface area contributed by atoms with E-state index in [0.29, 0.717) is 17.7 Å². The minimum atomic E-state index is -4.79. The van der Waals surface area contributed by atoms with Gasteiger partial charge in [-0.25, -0.2) is 14.6 Å². The average molecular weight is 428 g/mol. The molecule has 1 aromatic heterocycles. The number of carbonyl (C=O) groups excluding carboxylic acids is 1. The molecule has 3 rings (SSSR count). The van der Waals surface area contributed by atoms with Crippen LogP contribution in [-0.2, 0) is 0 Å². The van der Waals surface area contributed by atoms with Crippen LogP contribution in [0.25, 0.3) is 11.1 Å². The zero-order valence-corrected chi connectivity index (χ0v) is 15.9. The summed E-state index contributed by atoms with van der Waals surface area (Å²) in [6.07, 6.45) is -4.76. The summed E-state index contributed by atoms with van der Waals surface area (Å²) in [7, 11) is 0. The van der Waals surface area contributed by atoms with E-state index in [1.165, 1.54) is 29.3 Å². The predicted molar refractivity (Wildman–Crippen MR) is 101 cm³/mol. The average Bonchev–Trinajstić information content (AvgIpc) is 2.85. The van der Waals surface area contributed by atoms with Gasteiger partial charge in [-0.15, -0.1) is 13.2 Å². The van der Waals surface area contributed by atoms with Crippen LogP contribution in [0.5, 0.6) is 5.75 Å². The molecule has 0 unspecified atom stereocenters. The van der Waals surface area contributed by atoms with Crippen LogP contribution in [-0.4, -0.2) is 45.6 Å². The Hall–Kier alpha value is -3.77. The molecule has 0 atom stereocenters. The van der Waals surface area contributed by atoms with Crippen molar-refractivity contribution in [2.75, 3.05) is 17.2 Å². The lowest BCUT2D eigenvalue weighted by molar-refractivity contribution is -0.274. The van der Waals surface area contributed by atoms with Crippen LogP contribution >= 0.6 is 0 Å². The summed E-state index contributed by atoms with van der Waals surface area (Å²) in [5.74, 6) is -0.215. The molecule has 0 aliphatic carbocycles. The third kappa shape index (κ3) is 6.12. The summed E-state index contributed by atoms with van der Waals surface area (Å²) in [5.41, 5.74) is 10.2. The topological polar surface area (TPSA) is 157 Å². The number of benzene rings is 1. The fourth-order valence-corrected chi connectivity index (χ4v) is 2.62. The number of amides is 3. The highest BCUT2D eigenvalue weighted by molar-refractivity contribution is 5.93. The van der Waals surface area contributed by atoms with Gasteiger partial charge >= 0.3 is 18.5 Å². The van der Waals surface area contributed by atoms with E-state index in [-0.39, 0.29) is 23.5 Å². The smallest absolute Gasteiger partial charge is 0.465 e. The van der Waals surface area contributed by atoms with Gasteiger partial charge in [0.15, 0.2) is 0 Å². The molecule has 3 amide bonds. The van der Waals surface area contributed by atoms with E-state index in [9.17, 15) is 18.0 Å². The third-order valence-corrected chi connectivity index (χ3v) is 3.67. The second-order valence-electron chi connectivity index (χ2n) is 6.78. The minimum Gasteiger partial charge on any atom is -0.465 e. The van der Waals surface area contributed by atoms with Crippen molar-refractivity contribution in [2.45, 2.75) is 25.7 Å². The van der Waals surface area contributed by atoms with Gasteiger partial charge < -0.3 is 26.6 Å². The molecule has 1 aliphatic rings. The molecule has 1 aliphatic heterocycles. The SMILES string of the molecule is CC1(C)CN(c2ncc(-c3cccc(OC(F)(F)F)c3)c(N)n2)C(=O)N1.NC(=O)O. The quantitative estimate of drug-likeness (QED) is 0.585. The summed E-state index contributed by atoms with van der Waals surface area (Å²) in [5, 5.41) is 9.97. The maximum atomic E-state index is 12.4. The summed E-state index contributed by atoms with van der Waals surface area (Å²) in [6.45, 7) is 4.07. The number of nitrogens with one attached hydrogen (secondary N) is 1. The maximum absolute atomic E-state index is 12.4. The number of carboxylic acid groups (broad SMARTS) is 1. The molecule has 2 heterocycles. The van der Waals surface area contributed by atoms with E-state index in [1.54, 1.807) is 6.07 Å². The normalized spacial score (nSPS) is 15.1. The molecule has 0 saturated carbocycles. The number of alkyl halides is 3. The molecule has 13 heteroatoms. The van der Waals surface area contributed by atoms with Gasteiger partial charge in [-0.05, 0) is 31.5 Å². The van der Waals surface area contributed by atoms with Crippen LogP contribution in [0.3, 0.4) is 0 Å². The Morgan fingerprint density at radius 3 is 2.50 bits per heavy atom. The number of urea groups is 1. The second kappa shape index (κ2) is 8.31. The van der Waals surface area contributed by atoms with Gasteiger partial charge in [0, 0.05) is 11.8 Å². The lowest BCUT2D eigenvalue weighted by Crippen LogP contribution is -2.36. The maximum Gasteiger partial charge on any atom is 0.573 e. The number of carbonyl (C=O) groups is 2. The standard InChI is InChI=1S/C16H16F3N5O2.CH3NO2/c1-15(2)8-24(14(25)23-15)13-21-7-11(12(20)22-13)9-4-3-5-10(6-9)26-16(17,18)19;2-1(3)4/h3-7H,8H2,1-2H3,(H,23,25)(H2,20,21,22);2H2,(H,3,4). The van der Waals surface area contributed by atoms with Crippen LogP contribution in [0.15, 0.2) is 30.5 Å². The van der Waals surface area contributed by atoms with Crippen molar-refractivity contribution in [3.63, 3.8) is 0 Å². The second-order valence-corrected chi connectivity index (χ2v) is 6.78. The van der Waals surface area contributed by atoms with Crippen molar-refractivity contribution in [3.05, 3.63) is 30.5 Å². The van der Waals surface area contributed by atoms with Gasteiger partial charge in [0.2, 0.25) is 5.95 Å². The van der Waals surface area contributed by atoms with E-state index in [2.05, 4.69) is 25.8 Å². The number of nitrogens with zero attached hydrogens (tertiary/aromatic N) is 3. The molecule has 30 heavy (non-hydrogen) atoms. The summed E-state index contributed by atoms with van der Waals surface area (Å²) in [4.78, 5) is 30.4. The molecule has 2 aromatic rings. The largest absolute Gasteiger partial charge is 0.573 e. The molecule has 1 aromatic carbocycles. The number of nitrogen functional groups attached to an aromatic ring is 1. The highest BCUT2D eigenvalue weighted by atomic mass is 19.4. The number of nitrogens with two attached hydrogens (primary N) is 2. The zero-order chi connectivity index (χ0) is 22.7. The Morgan fingerprint density at radius 1 is 1.37 bits per heavy atom. The number of hydrogen-bond acceptors (Lipinski definition) is 6. The zero-order valence-electron chi connectivity index (χ0n) is 15.9. The van der Waals surface area contributed by atoms with Gasteiger partial charge in [-0.2, -0.15) is 4.98 Å². The molecule has 1 fully saturated rings. The number of ether oxygens (including phenoxy) is 1. The van der Waals surface area contributed by atoms with Crippen LogP contribution in [0, 0.1) is 0 Å². The molecule has 6 N–H and O–H groups in total. The molecular weight excluding hydrogens is 409 g/mol. The van der Waals surface area contributed by atoms with Gasteiger partial charge in [0.25, 0.3) is 0 Å². The Bertz CT molecular complexity index is 947. The molecule has 162 valence electrons. The first-order valence-corrected chi connectivity index (χ1v) is 8.34. The van der Waals surface area contributed by atoms with E-state index in [1.807, 2.05) is 13.8 Å². The molecular formula is C17H19F3N6O4. The fraction of sp³-hybridized carbons (Fsp3) is 0.294. The van der Waals surface area contributed by atoms with Crippen molar-refractivity contribution in [1.82, 2.24) is 15.3 Å². The Morgan fingerprint density at radius 2 is 2.00 bits per heavy atom. The monoisotopic (exact) mass is 428 g/mol. The van der Waals surface area contributed by atoms with Gasteiger partial charge in [-0.3, -0.25) is 4.90 Å². The van der Waals surface area contributed by atoms with Crippen LogP contribution < -0.4 is 26.4 Å². The van der Waals surface area contributed by atoms with E-state index >= 15 is 0 Å². The van der Waals surface area contributed by atoms with Crippen molar-refractivity contribution >= 4 is 23.9 Å². The predicted octanol–water partition coefficient (Wildman–Crippen LogP) is 2.56. The van der Waals surface area contributed by atoms with Crippen LogP contribution in [0.2, 0.25) is 0 Å². The minimum absolute atomic E-state index is 0.0386. The van der Waals surface area contributed by atoms with Gasteiger partial charge in [0.1, 0.15) is 11.6 Å². The van der Waals surface area contributed by atoms with E-state index in [0.717, 1.165) is 0 Å². The Balaban J connectivity index is 0.000000735. The summed E-state index contributed by atoms with van der Waals surface area (Å²) >= 11 is 0. The van der Waals surface area contributed by atoms with Gasteiger partial charge in [-0.1, -0.05) is 12.1 Å². The lowest BCUT2D eigenvalue weighted by atomic mass is 10.1. The Labute approximate surface area is 168 Å². The number of halogens is 3. The van der Waals surface area contributed by atoms with Crippen molar-refractivity contribution < 1.29 is 32.6 Å². The highest BCUT2D eigenvalue weighted by Crippen LogP contribution is 2.31. The fourth-order valence-electron chi connectivity index (χ4n) is 2.62. The molecule has 10 nitrogen and oxygen atoms in total. The van der Waals surface area contributed by atoms with Crippen LogP contribution in [0.1, 0.15) is 13.8 Å². The number of anilines is 2. The number of rotatable bonds is 3. The molecule has 0 spiro atoms. The first-order chi connectivity index (χ1) is 13.8. The molecule has 1 saturated heterocycles. The van der Waals surface area contributed by atoms with E-state index in [4.69, 9.17) is 15.6 Å². The molecule has 0 radical (unpaired) electrons. The number of aromatic nitrogens is 2. The van der Waals surface area contributed by atoms with Gasteiger partial charge in [0.05, 0.1) is 12.1 Å². The number of primary amides is 1. The lowest BCUT2D eigenvalue weighted by Gasteiger charge is -2.17. The summed E-state index contributed by atoms with van der Waals surface area (Å²) < 4.78 is 41.0. The van der Waals surface area contributed by atoms with Crippen molar-refractivity contribution in [2.24, 2.45) is 5.73 Å². The Kier molecular flexibility index (Phi) is 6.23. The van der Waals surface area contributed by atoms with Crippen molar-refractivity contribution in [1.29, 1.82) is 0 Å². The van der Waals surface area contributed by atoms with E-state index < -0.39 is 18.0 Å². The molecule has 0 bridgehead atoms. The van der Waals surface area contributed by atoms with Crippen LogP contribution in [0.4, 0.5) is 34.5 Å². The first-order valence-electron chi connectivity index (χ1n) is 8.34. The van der Waals surface area contributed by atoms with Crippen molar-refractivity contribution in [3.8, 4) is 16.9 Å². The number of hydrogen-bond donors (Lipinski definition) is 4. The third-order valence-electron chi connectivity index (χ3n) is 3.67. The highest BCUT2D eigenvalue weighted by Gasteiger charge is 2.37. The first kappa shape index (κ1) is 22.5.